The molecule has 0 saturated carbocycles. The summed E-state index contributed by atoms with van der Waals surface area (Å²) in [7, 11) is 0. The van der Waals surface area contributed by atoms with Crippen LogP contribution in [-0.2, 0) is 13.2 Å². The molecule has 2 aromatic rings. The Kier molecular flexibility index (Phi) is 8.07. The van der Waals surface area contributed by atoms with Gasteiger partial charge in [-0.25, -0.2) is 9.38 Å². The Morgan fingerprint density at radius 3 is 2.76 bits per heavy atom. The minimum absolute atomic E-state index is 0.154. The molecule has 158 valence electrons. The van der Waals surface area contributed by atoms with Gasteiger partial charge < -0.3 is 20.2 Å². The van der Waals surface area contributed by atoms with Crippen LogP contribution in [0, 0.1) is 5.82 Å². The number of guanidine groups is 1. The lowest BCUT2D eigenvalue weighted by Gasteiger charge is -2.33. The Morgan fingerprint density at radius 2 is 2.07 bits per heavy atom. The molecule has 0 bridgehead atoms. The van der Waals surface area contributed by atoms with Gasteiger partial charge in [0.15, 0.2) is 5.96 Å². The van der Waals surface area contributed by atoms with Crippen molar-refractivity contribution in [2.24, 2.45) is 4.99 Å². The fraction of sp³-hybridized carbons (Fsp3) is 0.500. The summed E-state index contributed by atoms with van der Waals surface area (Å²) in [6, 6.07) is 8.84. The van der Waals surface area contributed by atoms with E-state index in [0.29, 0.717) is 24.6 Å². The lowest BCUT2D eigenvalue weighted by Crippen LogP contribution is -2.44. The second kappa shape index (κ2) is 11.0. The highest BCUT2D eigenvalue weighted by Gasteiger charge is 2.24. The van der Waals surface area contributed by atoms with Crippen LogP contribution in [0.4, 0.5) is 4.39 Å². The molecule has 7 heteroatoms. The molecule has 1 unspecified atom stereocenters. The molecule has 2 heterocycles. The highest BCUT2D eigenvalue weighted by Crippen LogP contribution is 2.24. The van der Waals surface area contributed by atoms with E-state index in [4.69, 9.17) is 4.42 Å². The average Bonchev–Trinajstić information content (AvgIpc) is 3.28. The summed E-state index contributed by atoms with van der Waals surface area (Å²) in [6.45, 7) is 5.67. The highest BCUT2D eigenvalue weighted by molar-refractivity contribution is 5.79. The first kappa shape index (κ1) is 21.3. The predicted octanol–water partition coefficient (Wildman–Crippen LogP) is 3.19. The van der Waals surface area contributed by atoms with Crippen molar-refractivity contribution >= 4 is 5.96 Å². The Bertz CT molecular complexity index is 773. The maximum absolute atomic E-state index is 13.6. The van der Waals surface area contributed by atoms with Crippen LogP contribution in [-0.4, -0.2) is 42.1 Å². The lowest BCUT2D eigenvalue weighted by atomic mass is 10.1. The van der Waals surface area contributed by atoms with Crippen molar-refractivity contribution in [2.75, 3.05) is 26.2 Å². The zero-order valence-electron chi connectivity index (χ0n) is 17.0. The molecule has 1 saturated heterocycles. The monoisotopic (exact) mass is 402 g/mol. The predicted molar refractivity (Wildman–Crippen MR) is 112 cm³/mol. The third-order valence-corrected chi connectivity index (χ3v) is 5.21. The van der Waals surface area contributed by atoms with Gasteiger partial charge >= 0.3 is 0 Å². The quantitative estimate of drug-likeness (QED) is 0.467. The molecule has 0 spiro atoms. The van der Waals surface area contributed by atoms with Crippen molar-refractivity contribution in [3.05, 3.63) is 59.3 Å². The molecular formula is C22H31FN4O2. The first-order valence-electron chi connectivity index (χ1n) is 10.4. The van der Waals surface area contributed by atoms with Crippen LogP contribution in [0.15, 0.2) is 46.0 Å². The summed E-state index contributed by atoms with van der Waals surface area (Å²) in [4.78, 5) is 7.09. The van der Waals surface area contributed by atoms with Crippen LogP contribution in [0.5, 0.6) is 0 Å². The fourth-order valence-corrected chi connectivity index (χ4v) is 3.67. The van der Waals surface area contributed by atoms with E-state index < -0.39 is 5.82 Å². The minimum atomic E-state index is -0.395. The van der Waals surface area contributed by atoms with Crippen LogP contribution in [0.25, 0.3) is 0 Å². The maximum Gasteiger partial charge on any atom is 0.191 e. The van der Waals surface area contributed by atoms with Crippen molar-refractivity contribution in [2.45, 2.75) is 45.4 Å². The van der Waals surface area contributed by atoms with Gasteiger partial charge in [-0.05, 0) is 62.7 Å². The second-order valence-electron chi connectivity index (χ2n) is 7.29. The number of aliphatic hydroxyl groups excluding tert-OH is 1. The molecule has 1 fully saturated rings. The van der Waals surface area contributed by atoms with Crippen LogP contribution >= 0.6 is 0 Å². The Labute approximate surface area is 171 Å². The molecule has 0 radical (unpaired) electrons. The molecule has 1 aliphatic rings. The maximum atomic E-state index is 13.6. The van der Waals surface area contributed by atoms with Crippen molar-refractivity contribution in [3.63, 3.8) is 0 Å². The molecule has 3 N–H and O–H groups in total. The zero-order valence-corrected chi connectivity index (χ0v) is 17.0. The number of benzene rings is 1. The van der Waals surface area contributed by atoms with Gasteiger partial charge in [0.05, 0.1) is 25.5 Å². The molecule has 3 rings (SSSR count). The van der Waals surface area contributed by atoms with Crippen LogP contribution in [0.2, 0.25) is 0 Å². The summed E-state index contributed by atoms with van der Waals surface area (Å²) in [5.74, 6) is 1.27. The first-order valence-corrected chi connectivity index (χ1v) is 10.4. The zero-order chi connectivity index (χ0) is 20.5. The number of aliphatic hydroxyl groups is 1. The Balaban J connectivity index is 1.67. The minimum Gasteiger partial charge on any atom is -0.468 e. The topological polar surface area (TPSA) is 73.0 Å². The summed E-state index contributed by atoms with van der Waals surface area (Å²) in [6.07, 6.45) is 5.43. The number of halogens is 1. The molecule has 29 heavy (non-hydrogen) atoms. The number of furan rings is 1. The number of aliphatic imine (C=N–C) groups is 1. The van der Waals surface area contributed by atoms with Crippen LogP contribution in [0.1, 0.15) is 49.1 Å². The SMILES string of the molecule is CCNC(=NCc1ccc(F)c(CO)c1)NCC(c1ccco1)N1CCCCC1. The number of hydrogen-bond acceptors (Lipinski definition) is 4. The largest absolute Gasteiger partial charge is 0.468 e. The second-order valence-corrected chi connectivity index (χ2v) is 7.29. The molecule has 0 aliphatic carbocycles. The van der Waals surface area contributed by atoms with E-state index in [-0.39, 0.29) is 12.6 Å². The summed E-state index contributed by atoms with van der Waals surface area (Å²) in [5.41, 5.74) is 1.14. The first-order chi connectivity index (χ1) is 14.2. The molecule has 1 aromatic carbocycles. The van der Waals surface area contributed by atoms with Crippen LogP contribution < -0.4 is 10.6 Å². The number of piperidine rings is 1. The number of nitrogens with zero attached hydrogens (tertiary/aromatic N) is 2. The van der Waals surface area contributed by atoms with E-state index in [1.54, 1.807) is 18.4 Å². The molecule has 0 amide bonds. The van der Waals surface area contributed by atoms with Crippen molar-refractivity contribution in [1.82, 2.24) is 15.5 Å². The smallest absolute Gasteiger partial charge is 0.191 e. The van der Waals surface area contributed by atoms with Gasteiger partial charge in [-0.15, -0.1) is 0 Å². The van der Waals surface area contributed by atoms with Gasteiger partial charge in [-0.1, -0.05) is 12.5 Å². The van der Waals surface area contributed by atoms with Gasteiger partial charge in [0.25, 0.3) is 0 Å². The highest BCUT2D eigenvalue weighted by atomic mass is 19.1. The van der Waals surface area contributed by atoms with Crippen molar-refractivity contribution in [3.8, 4) is 0 Å². The molecule has 1 aliphatic heterocycles. The van der Waals surface area contributed by atoms with Crippen LogP contribution in [0.3, 0.4) is 0 Å². The Hall–Kier alpha value is -2.38. The summed E-state index contributed by atoms with van der Waals surface area (Å²) in [5, 5.41) is 15.9. The molecule has 1 atom stereocenters. The number of rotatable bonds is 8. The molecule has 1 aromatic heterocycles. The van der Waals surface area contributed by atoms with Crippen molar-refractivity contribution in [1.29, 1.82) is 0 Å². The van der Waals surface area contributed by atoms with E-state index >= 15 is 0 Å². The lowest BCUT2D eigenvalue weighted by molar-refractivity contribution is 0.146. The van der Waals surface area contributed by atoms with E-state index in [0.717, 1.165) is 31.0 Å². The number of likely N-dealkylation sites (tertiary alicyclic amines) is 1. The van der Waals surface area contributed by atoms with E-state index in [1.165, 1.54) is 25.3 Å². The number of nitrogens with one attached hydrogen (secondary N) is 2. The third-order valence-electron chi connectivity index (χ3n) is 5.21. The molecular weight excluding hydrogens is 371 g/mol. The van der Waals surface area contributed by atoms with Gasteiger partial charge in [0.1, 0.15) is 11.6 Å². The third kappa shape index (κ3) is 6.05. The summed E-state index contributed by atoms with van der Waals surface area (Å²) >= 11 is 0. The number of hydrogen-bond donors (Lipinski definition) is 3. The van der Waals surface area contributed by atoms with Gasteiger partial charge in [0.2, 0.25) is 0 Å². The van der Waals surface area contributed by atoms with Gasteiger partial charge in [-0.3, -0.25) is 4.90 Å². The fourth-order valence-electron chi connectivity index (χ4n) is 3.67. The standard InChI is InChI=1S/C22H31FN4O2/c1-2-24-22(25-14-17-8-9-19(23)18(13-17)16-28)26-15-20(21-7-6-12-29-21)27-10-4-3-5-11-27/h6-9,12-13,20,28H,2-5,10-11,14-16H2,1H3,(H2,24,25,26). The normalized spacial score (nSPS) is 16.6. The summed E-state index contributed by atoms with van der Waals surface area (Å²) < 4.78 is 19.3. The average molecular weight is 403 g/mol. The van der Waals surface area contributed by atoms with E-state index in [9.17, 15) is 9.50 Å². The van der Waals surface area contributed by atoms with E-state index in [2.05, 4.69) is 20.5 Å². The Morgan fingerprint density at radius 1 is 1.24 bits per heavy atom. The molecule has 6 nitrogen and oxygen atoms in total. The van der Waals surface area contributed by atoms with E-state index in [1.807, 2.05) is 19.1 Å². The van der Waals surface area contributed by atoms with Gasteiger partial charge in [-0.2, -0.15) is 0 Å². The van der Waals surface area contributed by atoms with Crippen molar-refractivity contribution < 1.29 is 13.9 Å². The van der Waals surface area contributed by atoms with Gasteiger partial charge in [0, 0.05) is 18.7 Å².